The average Bonchev–Trinajstić information content (AvgIpc) is 2.83. The maximum Gasteiger partial charge on any atom is 0.0329 e. The highest BCUT2D eigenvalue weighted by atomic mass is 15.2. The van der Waals surface area contributed by atoms with Gasteiger partial charge in [0, 0.05) is 24.7 Å². The molecule has 0 aromatic heterocycles. The molecule has 0 radical (unpaired) electrons. The molecule has 1 unspecified atom stereocenters. The molecule has 1 aliphatic heterocycles. The molecule has 0 aromatic carbocycles. The Morgan fingerprint density at radius 2 is 1.81 bits per heavy atom. The molecule has 0 bridgehead atoms. The Hall–Kier alpha value is -0.120. The smallest absolute Gasteiger partial charge is 0.0329 e. The van der Waals surface area contributed by atoms with E-state index in [1.807, 2.05) is 0 Å². The lowest BCUT2D eigenvalue weighted by Crippen LogP contribution is -2.57. The van der Waals surface area contributed by atoms with Gasteiger partial charge < -0.3 is 10.6 Å². The third kappa shape index (κ3) is 3.80. The van der Waals surface area contributed by atoms with E-state index >= 15 is 0 Å². The van der Waals surface area contributed by atoms with Crippen LogP contribution in [0.25, 0.3) is 0 Å². The first-order chi connectivity index (χ1) is 9.78. The van der Waals surface area contributed by atoms with E-state index in [4.69, 9.17) is 5.73 Å². The van der Waals surface area contributed by atoms with Crippen molar-refractivity contribution in [3.63, 3.8) is 0 Å². The molecule has 21 heavy (non-hydrogen) atoms. The first kappa shape index (κ1) is 17.2. The Labute approximate surface area is 132 Å². The van der Waals surface area contributed by atoms with Crippen LogP contribution in [0.2, 0.25) is 0 Å². The lowest BCUT2D eigenvalue weighted by atomic mass is 9.67. The number of likely N-dealkylation sites (N-methyl/N-ethyl adjacent to an activating group) is 2. The van der Waals surface area contributed by atoms with Crippen LogP contribution in [0.3, 0.4) is 0 Å². The number of nitrogens with zero attached hydrogens (tertiary/aromatic N) is 2. The number of hydrogen-bond acceptors (Lipinski definition) is 3. The fraction of sp³-hybridized carbons (Fsp3) is 1.00. The Kier molecular flexibility index (Phi) is 5.38. The zero-order chi connectivity index (χ0) is 15.7. The predicted octanol–water partition coefficient (Wildman–Crippen LogP) is 2.95. The van der Waals surface area contributed by atoms with E-state index in [-0.39, 0.29) is 5.54 Å². The molecule has 2 N–H and O–H groups in total. The van der Waals surface area contributed by atoms with Gasteiger partial charge >= 0.3 is 0 Å². The van der Waals surface area contributed by atoms with Crippen LogP contribution >= 0.6 is 0 Å². The molecule has 0 spiro atoms. The second-order valence-corrected chi connectivity index (χ2v) is 8.73. The molecular formula is C18H37N3. The first-order valence-corrected chi connectivity index (χ1v) is 8.90. The standard InChI is InChI=1S/C18H37N3/c1-17(2,3)15-8-10-18(14-19,11-9-15)21(5)13-16-7-6-12-20(16)4/h15-16H,6-14,19H2,1-5H3. The largest absolute Gasteiger partial charge is 0.329 e. The molecule has 2 fully saturated rings. The van der Waals surface area contributed by atoms with Crippen molar-refractivity contribution in [2.75, 3.05) is 33.7 Å². The highest BCUT2D eigenvalue weighted by Gasteiger charge is 2.41. The van der Waals surface area contributed by atoms with Crippen LogP contribution in [0, 0.1) is 11.3 Å². The van der Waals surface area contributed by atoms with Gasteiger partial charge in [-0.05, 0) is 70.5 Å². The minimum Gasteiger partial charge on any atom is -0.329 e. The van der Waals surface area contributed by atoms with Gasteiger partial charge in [-0.25, -0.2) is 0 Å². The van der Waals surface area contributed by atoms with Crippen LogP contribution in [0.15, 0.2) is 0 Å². The summed E-state index contributed by atoms with van der Waals surface area (Å²) in [5.41, 5.74) is 6.95. The highest BCUT2D eigenvalue weighted by molar-refractivity contribution is 4.98. The zero-order valence-electron chi connectivity index (χ0n) is 15.0. The van der Waals surface area contributed by atoms with Crippen LogP contribution in [0.1, 0.15) is 59.3 Å². The monoisotopic (exact) mass is 295 g/mol. The van der Waals surface area contributed by atoms with Crippen molar-refractivity contribution < 1.29 is 0 Å². The summed E-state index contributed by atoms with van der Waals surface area (Å²) >= 11 is 0. The summed E-state index contributed by atoms with van der Waals surface area (Å²) in [6.45, 7) is 10.4. The maximum atomic E-state index is 6.25. The lowest BCUT2D eigenvalue weighted by Gasteiger charge is -2.49. The zero-order valence-corrected chi connectivity index (χ0v) is 15.0. The predicted molar refractivity (Wildman–Crippen MR) is 91.5 cm³/mol. The van der Waals surface area contributed by atoms with Gasteiger partial charge in [-0.2, -0.15) is 0 Å². The van der Waals surface area contributed by atoms with Crippen LogP contribution in [-0.2, 0) is 0 Å². The topological polar surface area (TPSA) is 32.5 Å². The van der Waals surface area contributed by atoms with Crippen molar-refractivity contribution in [1.29, 1.82) is 0 Å². The molecule has 2 rings (SSSR count). The number of nitrogens with two attached hydrogens (primary N) is 1. The fourth-order valence-corrected chi connectivity index (χ4v) is 4.48. The Morgan fingerprint density at radius 3 is 2.24 bits per heavy atom. The molecule has 0 aromatic rings. The maximum absolute atomic E-state index is 6.25. The minimum atomic E-state index is 0.255. The molecule has 0 amide bonds. The Balaban J connectivity index is 1.95. The van der Waals surface area contributed by atoms with Crippen molar-refractivity contribution >= 4 is 0 Å². The van der Waals surface area contributed by atoms with E-state index < -0.39 is 0 Å². The summed E-state index contributed by atoms with van der Waals surface area (Å²) in [6.07, 6.45) is 7.94. The summed E-state index contributed by atoms with van der Waals surface area (Å²) in [4.78, 5) is 5.14. The van der Waals surface area contributed by atoms with Crippen LogP contribution < -0.4 is 5.73 Å². The van der Waals surface area contributed by atoms with Gasteiger partial charge in [-0.1, -0.05) is 20.8 Å². The van der Waals surface area contributed by atoms with Crippen molar-refractivity contribution in [1.82, 2.24) is 9.80 Å². The molecule has 3 nitrogen and oxygen atoms in total. The minimum absolute atomic E-state index is 0.255. The molecule has 124 valence electrons. The summed E-state index contributed by atoms with van der Waals surface area (Å²) in [5, 5.41) is 0. The third-order valence-electron chi connectivity index (χ3n) is 6.49. The van der Waals surface area contributed by atoms with Gasteiger partial charge in [0.25, 0.3) is 0 Å². The second-order valence-electron chi connectivity index (χ2n) is 8.73. The van der Waals surface area contributed by atoms with E-state index in [1.54, 1.807) is 0 Å². The van der Waals surface area contributed by atoms with Gasteiger partial charge in [-0.15, -0.1) is 0 Å². The Morgan fingerprint density at radius 1 is 1.19 bits per heavy atom. The summed E-state index contributed by atoms with van der Waals surface area (Å²) in [6, 6.07) is 0.735. The molecule has 2 aliphatic rings. The normalized spacial score (nSPS) is 35.6. The van der Waals surface area contributed by atoms with Crippen LogP contribution in [0.4, 0.5) is 0 Å². The number of likely N-dealkylation sites (tertiary alicyclic amines) is 1. The van der Waals surface area contributed by atoms with Gasteiger partial charge in [0.15, 0.2) is 0 Å². The molecule has 1 heterocycles. The fourth-order valence-electron chi connectivity index (χ4n) is 4.48. The van der Waals surface area contributed by atoms with Crippen molar-refractivity contribution in [3.8, 4) is 0 Å². The van der Waals surface area contributed by atoms with E-state index in [9.17, 15) is 0 Å². The number of rotatable bonds is 4. The lowest BCUT2D eigenvalue weighted by molar-refractivity contribution is 0.0263. The van der Waals surface area contributed by atoms with Gasteiger partial charge in [-0.3, -0.25) is 4.90 Å². The third-order valence-corrected chi connectivity index (χ3v) is 6.49. The molecular weight excluding hydrogens is 258 g/mol. The van der Waals surface area contributed by atoms with E-state index in [0.29, 0.717) is 5.41 Å². The SMILES string of the molecule is CN1CCCC1CN(C)C1(CN)CCC(C(C)(C)C)CC1. The average molecular weight is 296 g/mol. The summed E-state index contributed by atoms with van der Waals surface area (Å²) in [7, 11) is 4.59. The van der Waals surface area contributed by atoms with Gasteiger partial charge in [0.2, 0.25) is 0 Å². The second kappa shape index (κ2) is 6.55. The molecule has 1 atom stereocenters. The van der Waals surface area contributed by atoms with Crippen LogP contribution in [0.5, 0.6) is 0 Å². The van der Waals surface area contributed by atoms with E-state index in [2.05, 4.69) is 44.7 Å². The quantitative estimate of drug-likeness (QED) is 0.865. The van der Waals surface area contributed by atoms with Gasteiger partial charge in [0.05, 0.1) is 0 Å². The molecule has 1 saturated heterocycles. The van der Waals surface area contributed by atoms with Crippen molar-refractivity contribution in [3.05, 3.63) is 0 Å². The van der Waals surface area contributed by atoms with Crippen LogP contribution in [-0.4, -0.2) is 55.1 Å². The summed E-state index contributed by atoms with van der Waals surface area (Å²) in [5.74, 6) is 0.861. The van der Waals surface area contributed by atoms with Crippen molar-refractivity contribution in [2.24, 2.45) is 17.1 Å². The van der Waals surface area contributed by atoms with E-state index in [1.165, 1.54) is 51.6 Å². The van der Waals surface area contributed by atoms with Gasteiger partial charge in [0.1, 0.15) is 0 Å². The molecule has 1 saturated carbocycles. The Bertz CT molecular complexity index is 326. The number of hydrogen-bond donors (Lipinski definition) is 1. The van der Waals surface area contributed by atoms with E-state index in [0.717, 1.165) is 18.5 Å². The molecule has 3 heteroatoms. The first-order valence-electron chi connectivity index (χ1n) is 8.90. The van der Waals surface area contributed by atoms with Crippen molar-refractivity contribution in [2.45, 2.75) is 70.9 Å². The molecule has 1 aliphatic carbocycles. The summed E-state index contributed by atoms with van der Waals surface area (Å²) < 4.78 is 0. The highest BCUT2D eigenvalue weighted by Crippen LogP contribution is 2.43.